The molecule has 0 aliphatic heterocycles. The number of hydrogen-bond donors (Lipinski definition) is 1. The summed E-state index contributed by atoms with van der Waals surface area (Å²) in [5, 5.41) is 0.318. The summed E-state index contributed by atoms with van der Waals surface area (Å²) >= 11 is 5.66. The van der Waals surface area contributed by atoms with Gasteiger partial charge in [-0.05, 0) is 18.6 Å². The molecule has 5 heteroatoms. The van der Waals surface area contributed by atoms with Gasteiger partial charge in [-0.2, -0.15) is 0 Å². The molecule has 1 heterocycles. The molecule has 0 saturated carbocycles. The van der Waals surface area contributed by atoms with Crippen molar-refractivity contribution in [2.75, 3.05) is 6.61 Å². The summed E-state index contributed by atoms with van der Waals surface area (Å²) in [5.41, 5.74) is 6.48. The Morgan fingerprint density at radius 3 is 3.00 bits per heavy atom. The molecule has 0 radical (unpaired) electrons. The Morgan fingerprint density at radius 2 is 2.43 bits per heavy atom. The maximum absolute atomic E-state index is 11.4. The number of nitrogens with two attached hydrogens (primary N) is 1. The van der Waals surface area contributed by atoms with Crippen LogP contribution in [0, 0.1) is 0 Å². The van der Waals surface area contributed by atoms with Gasteiger partial charge < -0.3 is 10.5 Å². The summed E-state index contributed by atoms with van der Waals surface area (Å²) in [7, 11) is 0. The Morgan fingerprint density at radius 1 is 1.71 bits per heavy atom. The molecule has 0 aliphatic rings. The summed E-state index contributed by atoms with van der Waals surface area (Å²) in [5.74, 6) is -0.419. The Hall–Kier alpha value is -1.13. The van der Waals surface area contributed by atoms with Gasteiger partial charge in [0.25, 0.3) is 0 Å². The first-order valence-corrected chi connectivity index (χ1v) is 4.58. The second-order valence-electron chi connectivity index (χ2n) is 2.59. The van der Waals surface area contributed by atoms with E-state index >= 15 is 0 Å². The normalized spacial score (nSPS) is 9.93. The van der Waals surface area contributed by atoms with E-state index in [2.05, 4.69) is 4.98 Å². The van der Waals surface area contributed by atoms with Crippen molar-refractivity contribution in [3.63, 3.8) is 0 Å². The summed E-state index contributed by atoms with van der Waals surface area (Å²) in [6.07, 6.45) is 1.38. The summed E-state index contributed by atoms with van der Waals surface area (Å²) < 4.78 is 4.83. The molecule has 14 heavy (non-hydrogen) atoms. The van der Waals surface area contributed by atoms with Crippen molar-refractivity contribution < 1.29 is 9.53 Å². The Labute approximate surface area is 87.0 Å². The molecule has 0 atom stereocenters. The van der Waals surface area contributed by atoms with Crippen molar-refractivity contribution in [3.8, 4) is 0 Å². The second kappa shape index (κ2) is 4.93. The predicted molar refractivity (Wildman–Crippen MR) is 53.1 cm³/mol. The molecule has 0 fully saturated rings. The average Bonchev–Trinajstić information content (AvgIpc) is 2.17. The molecule has 0 spiro atoms. The number of carbonyl (C=O) groups excluding carboxylic acids is 1. The van der Waals surface area contributed by atoms with E-state index in [0.29, 0.717) is 22.9 Å². The van der Waals surface area contributed by atoms with E-state index in [0.717, 1.165) is 0 Å². The van der Waals surface area contributed by atoms with Crippen molar-refractivity contribution in [1.29, 1.82) is 0 Å². The highest BCUT2D eigenvalue weighted by atomic mass is 35.5. The zero-order chi connectivity index (χ0) is 10.6. The fourth-order valence-electron chi connectivity index (χ4n) is 1.03. The number of halogens is 1. The highest BCUT2D eigenvalue weighted by Gasteiger charge is 2.12. The van der Waals surface area contributed by atoms with Crippen LogP contribution in [0.2, 0.25) is 5.15 Å². The van der Waals surface area contributed by atoms with Gasteiger partial charge in [-0.1, -0.05) is 11.6 Å². The Bertz CT molecular complexity index is 342. The van der Waals surface area contributed by atoms with Gasteiger partial charge in [0.05, 0.1) is 12.2 Å². The molecular formula is C9H11ClN2O2. The van der Waals surface area contributed by atoms with E-state index in [4.69, 9.17) is 22.1 Å². The first kappa shape index (κ1) is 10.9. The molecular weight excluding hydrogens is 204 g/mol. The molecule has 0 bridgehead atoms. The fourth-order valence-corrected chi connectivity index (χ4v) is 1.21. The Kier molecular flexibility index (Phi) is 3.85. The topological polar surface area (TPSA) is 65.2 Å². The van der Waals surface area contributed by atoms with Crippen molar-refractivity contribution in [1.82, 2.24) is 4.98 Å². The molecule has 0 aromatic carbocycles. The van der Waals surface area contributed by atoms with Crippen LogP contribution in [-0.2, 0) is 11.3 Å². The van der Waals surface area contributed by atoms with Gasteiger partial charge in [0.2, 0.25) is 0 Å². The van der Waals surface area contributed by atoms with E-state index in [9.17, 15) is 4.79 Å². The lowest BCUT2D eigenvalue weighted by Gasteiger charge is -2.06. The summed E-state index contributed by atoms with van der Waals surface area (Å²) in [4.78, 5) is 15.2. The molecule has 2 N–H and O–H groups in total. The van der Waals surface area contributed by atoms with Crippen LogP contribution >= 0.6 is 11.6 Å². The lowest BCUT2D eigenvalue weighted by Crippen LogP contribution is -2.11. The number of carbonyl (C=O) groups is 1. The minimum absolute atomic E-state index is 0.233. The monoisotopic (exact) mass is 214 g/mol. The minimum atomic E-state index is -0.419. The third-order valence-corrected chi connectivity index (χ3v) is 1.88. The van der Waals surface area contributed by atoms with E-state index in [1.54, 1.807) is 13.0 Å². The fraction of sp³-hybridized carbons (Fsp3) is 0.333. The zero-order valence-corrected chi connectivity index (χ0v) is 8.54. The molecule has 1 rings (SSSR count). The van der Waals surface area contributed by atoms with Crippen molar-refractivity contribution in [2.24, 2.45) is 5.73 Å². The van der Waals surface area contributed by atoms with Crippen LogP contribution in [0.5, 0.6) is 0 Å². The SMILES string of the molecule is CCOC(=O)c1cnc(Cl)cc1CN. The first-order chi connectivity index (χ1) is 6.69. The Balaban J connectivity index is 3.01. The van der Waals surface area contributed by atoms with E-state index in [1.807, 2.05) is 0 Å². The van der Waals surface area contributed by atoms with Crippen LogP contribution in [0.3, 0.4) is 0 Å². The van der Waals surface area contributed by atoms with Crippen molar-refractivity contribution >= 4 is 17.6 Å². The lowest BCUT2D eigenvalue weighted by atomic mass is 10.1. The van der Waals surface area contributed by atoms with Gasteiger partial charge in [-0.15, -0.1) is 0 Å². The number of hydrogen-bond acceptors (Lipinski definition) is 4. The zero-order valence-electron chi connectivity index (χ0n) is 7.79. The lowest BCUT2D eigenvalue weighted by molar-refractivity contribution is 0.0524. The van der Waals surface area contributed by atoms with Gasteiger partial charge in [0.1, 0.15) is 5.15 Å². The number of esters is 1. The summed E-state index contributed by atoms with van der Waals surface area (Å²) in [6, 6.07) is 1.56. The molecule has 0 saturated heterocycles. The van der Waals surface area contributed by atoms with Crippen LogP contribution in [-0.4, -0.2) is 17.6 Å². The van der Waals surface area contributed by atoms with Crippen molar-refractivity contribution in [2.45, 2.75) is 13.5 Å². The van der Waals surface area contributed by atoms with Crippen LogP contribution in [0.1, 0.15) is 22.8 Å². The number of rotatable bonds is 3. The second-order valence-corrected chi connectivity index (χ2v) is 2.98. The minimum Gasteiger partial charge on any atom is -0.462 e. The molecule has 0 amide bonds. The molecule has 4 nitrogen and oxygen atoms in total. The maximum Gasteiger partial charge on any atom is 0.340 e. The quantitative estimate of drug-likeness (QED) is 0.610. The summed E-state index contributed by atoms with van der Waals surface area (Å²) in [6.45, 7) is 2.30. The standard InChI is InChI=1S/C9H11ClN2O2/c1-2-14-9(13)7-5-12-8(10)3-6(7)4-11/h3,5H,2,4,11H2,1H3. The highest BCUT2D eigenvalue weighted by molar-refractivity contribution is 6.29. The third kappa shape index (κ3) is 2.43. The van der Waals surface area contributed by atoms with E-state index in [1.165, 1.54) is 6.20 Å². The number of nitrogens with zero attached hydrogens (tertiary/aromatic N) is 1. The maximum atomic E-state index is 11.4. The largest absolute Gasteiger partial charge is 0.462 e. The van der Waals surface area contributed by atoms with Crippen LogP contribution < -0.4 is 5.73 Å². The molecule has 1 aromatic rings. The van der Waals surface area contributed by atoms with Crippen LogP contribution in [0.25, 0.3) is 0 Å². The van der Waals surface area contributed by atoms with Crippen molar-refractivity contribution in [3.05, 3.63) is 28.5 Å². The molecule has 0 aliphatic carbocycles. The van der Waals surface area contributed by atoms with Gasteiger partial charge >= 0.3 is 5.97 Å². The third-order valence-electron chi connectivity index (χ3n) is 1.67. The number of ether oxygens (including phenoxy) is 1. The number of pyridine rings is 1. The van der Waals surface area contributed by atoms with Gasteiger partial charge in [-0.3, -0.25) is 0 Å². The average molecular weight is 215 g/mol. The van der Waals surface area contributed by atoms with Gasteiger partial charge in [-0.25, -0.2) is 9.78 Å². The smallest absolute Gasteiger partial charge is 0.340 e. The molecule has 1 aromatic heterocycles. The number of aromatic nitrogens is 1. The first-order valence-electron chi connectivity index (χ1n) is 4.20. The van der Waals surface area contributed by atoms with E-state index in [-0.39, 0.29) is 6.54 Å². The van der Waals surface area contributed by atoms with Crippen LogP contribution in [0.15, 0.2) is 12.3 Å². The predicted octanol–water partition coefficient (Wildman–Crippen LogP) is 1.37. The molecule has 0 unspecified atom stereocenters. The van der Waals surface area contributed by atoms with Gasteiger partial charge in [0, 0.05) is 12.7 Å². The van der Waals surface area contributed by atoms with E-state index < -0.39 is 5.97 Å². The van der Waals surface area contributed by atoms with Gasteiger partial charge in [0.15, 0.2) is 0 Å². The van der Waals surface area contributed by atoms with Crippen LogP contribution in [0.4, 0.5) is 0 Å². The molecule has 76 valence electrons. The highest BCUT2D eigenvalue weighted by Crippen LogP contribution is 2.13.